The highest BCUT2D eigenvalue weighted by Gasteiger charge is 2.21. The zero-order chi connectivity index (χ0) is 26.5. The number of fused-ring (bicyclic) bond motifs is 1. The minimum atomic E-state index is -0.554. The summed E-state index contributed by atoms with van der Waals surface area (Å²) in [6.45, 7) is 2.13. The summed E-state index contributed by atoms with van der Waals surface area (Å²) >= 11 is 3.37. The summed E-state index contributed by atoms with van der Waals surface area (Å²) in [6.07, 6.45) is 3.10. The van der Waals surface area contributed by atoms with E-state index in [1.54, 1.807) is 55.5 Å². The first-order valence-electron chi connectivity index (χ1n) is 12.0. The van der Waals surface area contributed by atoms with Crippen LogP contribution in [0.5, 0.6) is 11.5 Å². The molecule has 6 heteroatoms. The van der Waals surface area contributed by atoms with Crippen LogP contribution in [0.15, 0.2) is 112 Å². The van der Waals surface area contributed by atoms with Crippen LogP contribution in [0.25, 0.3) is 17.0 Å². The maximum atomic E-state index is 13.3. The number of hydrogen-bond acceptors (Lipinski definition) is 5. The van der Waals surface area contributed by atoms with E-state index >= 15 is 0 Å². The highest BCUT2D eigenvalue weighted by Crippen LogP contribution is 2.31. The molecule has 0 N–H and O–H groups in total. The third-order valence-corrected chi connectivity index (χ3v) is 6.48. The second-order valence-electron chi connectivity index (χ2n) is 8.60. The summed E-state index contributed by atoms with van der Waals surface area (Å²) in [5.41, 5.74) is 3.09. The van der Waals surface area contributed by atoms with E-state index in [0.29, 0.717) is 51.5 Å². The molecule has 0 spiro atoms. The number of rotatable bonds is 8. The number of hydrogen-bond donors (Lipinski definition) is 0. The average molecular weight is 567 g/mol. The number of carbonyl (C=O) groups excluding carboxylic acids is 2. The Bertz CT molecular complexity index is 1630. The van der Waals surface area contributed by atoms with Gasteiger partial charge in [0.25, 0.3) is 0 Å². The van der Waals surface area contributed by atoms with Gasteiger partial charge in [-0.1, -0.05) is 64.5 Å². The standard InChI is InChI=1S/C32H23BrO5/c1-21-31(27-19-26(16-18-30(27)37-21)36-20-22-7-3-2-4-8-22)32(35)38-29-10-6-5-9-24(29)13-17-28(34)23-11-14-25(33)15-12-23/h2-19H,20H2,1H3. The summed E-state index contributed by atoms with van der Waals surface area (Å²) in [6, 6.07) is 29.4. The molecule has 0 aliphatic carbocycles. The first-order valence-corrected chi connectivity index (χ1v) is 12.8. The van der Waals surface area contributed by atoms with Gasteiger partial charge in [0.15, 0.2) is 5.78 Å². The Morgan fingerprint density at radius 3 is 2.42 bits per heavy atom. The lowest BCUT2D eigenvalue weighted by molar-refractivity contribution is 0.0734. The largest absolute Gasteiger partial charge is 0.489 e. The normalized spacial score (nSPS) is 11.1. The van der Waals surface area contributed by atoms with Gasteiger partial charge in [-0.25, -0.2) is 4.79 Å². The predicted molar refractivity (Wildman–Crippen MR) is 151 cm³/mol. The van der Waals surface area contributed by atoms with Crippen LogP contribution >= 0.6 is 15.9 Å². The molecule has 0 fully saturated rings. The molecule has 0 radical (unpaired) electrons. The van der Waals surface area contributed by atoms with Crippen LogP contribution in [0.1, 0.15) is 37.6 Å². The van der Waals surface area contributed by atoms with Crippen molar-refractivity contribution >= 4 is 44.7 Å². The van der Waals surface area contributed by atoms with Crippen LogP contribution in [-0.4, -0.2) is 11.8 Å². The van der Waals surface area contributed by atoms with Crippen molar-refractivity contribution in [3.8, 4) is 11.5 Å². The summed E-state index contributed by atoms with van der Waals surface area (Å²) in [7, 11) is 0. The summed E-state index contributed by atoms with van der Waals surface area (Å²) in [5.74, 6) is 0.692. The summed E-state index contributed by atoms with van der Waals surface area (Å²) < 4.78 is 18.5. The van der Waals surface area contributed by atoms with Crippen molar-refractivity contribution in [2.24, 2.45) is 0 Å². The SMILES string of the molecule is Cc1oc2ccc(OCc3ccccc3)cc2c1C(=O)Oc1ccccc1C=CC(=O)c1ccc(Br)cc1. The first-order chi connectivity index (χ1) is 18.5. The Morgan fingerprint density at radius 1 is 0.895 bits per heavy atom. The van der Waals surface area contributed by atoms with Crippen molar-refractivity contribution in [2.45, 2.75) is 13.5 Å². The minimum absolute atomic E-state index is 0.154. The predicted octanol–water partition coefficient (Wildman–Crippen LogP) is 8.20. The fourth-order valence-electron chi connectivity index (χ4n) is 4.02. The van der Waals surface area contributed by atoms with Gasteiger partial charge in [-0.2, -0.15) is 0 Å². The molecule has 0 bridgehead atoms. The fourth-order valence-corrected chi connectivity index (χ4v) is 4.29. The first kappa shape index (κ1) is 25.2. The van der Waals surface area contributed by atoms with Gasteiger partial charge in [-0.15, -0.1) is 0 Å². The van der Waals surface area contributed by atoms with Crippen molar-refractivity contribution in [1.82, 2.24) is 0 Å². The summed E-state index contributed by atoms with van der Waals surface area (Å²) in [4.78, 5) is 25.9. The lowest BCUT2D eigenvalue weighted by Gasteiger charge is -2.08. The Labute approximate surface area is 228 Å². The quantitative estimate of drug-likeness (QED) is 0.0819. The van der Waals surface area contributed by atoms with Crippen LogP contribution in [0.3, 0.4) is 0 Å². The lowest BCUT2D eigenvalue weighted by atomic mass is 10.1. The zero-order valence-corrected chi connectivity index (χ0v) is 22.1. The van der Waals surface area contributed by atoms with Crippen molar-refractivity contribution < 1.29 is 23.5 Å². The van der Waals surface area contributed by atoms with E-state index < -0.39 is 5.97 Å². The van der Waals surface area contributed by atoms with Crippen LogP contribution in [0.4, 0.5) is 0 Å². The summed E-state index contributed by atoms with van der Waals surface area (Å²) in [5, 5.41) is 0.608. The van der Waals surface area contributed by atoms with Gasteiger partial charge in [-0.05, 0) is 73.2 Å². The van der Waals surface area contributed by atoms with Crippen molar-refractivity contribution in [1.29, 1.82) is 0 Å². The van der Waals surface area contributed by atoms with Crippen LogP contribution in [0.2, 0.25) is 0 Å². The van der Waals surface area contributed by atoms with E-state index in [4.69, 9.17) is 13.9 Å². The topological polar surface area (TPSA) is 65.7 Å². The van der Waals surface area contributed by atoms with Gasteiger partial charge >= 0.3 is 5.97 Å². The molecular weight excluding hydrogens is 544 g/mol. The van der Waals surface area contributed by atoms with Gasteiger partial charge in [0.2, 0.25) is 0 Å². The highest BCUT2D eigenvalue weighted by atomic mass is 79.9. The molecule has 0 saturated carbocycles. The van der Waals surface area contributed by atoms with E-state index in [0.717, 1.165) is 10.0 Å². The number of aryl methyl sites for hydroxylation is 1. The molecular formula is C32H23BrO5. The molecule has 0 atom stereocenters. The molecule has 38 heavy (non-hydrogen) atoms. The van der Waals surface area contributed by atoms with Crippen LogP contribution in [0, 0.1) is 6.92 Å². The second kappa shape index (κ2) is 11.3. The van der Waals surface area contributed by atoms with E-state index in [1.165, 1.54) is 6.08 Å². The third kappa shape index (κ3) is 5.76. The number of halogens is 1. The number of furan rings is 1. The van der Waals surface area contributed by atoms with E-state index in [9.17, 15) is 9.59 Å². The Kier molecular flexibility index (Phi) is 7.52. The smallest absolute Gasteiger partial charge is 0.347 e. The molecule has 1 heterocycles. The highest BCUT2D eigenvalue weighted by molar-refractivity contribution is 9.10. The molecule has 0 amide bonds. The maximum Gasteiger partial charge on any atom is 0.347 e. The number of ketones is 1. The Morgan fingerprint density at radius 2 is 1.63 bits per heavy atom. The fraction of sp³-hybridized carbons (Fsp3) is 0.0625. The molecule has 1 aromatic heterocycles. The lowest BCUT2D eigenvalue weighted by Crippen LogP contribution is -2.10. The molecule has 0 unspecified atom stereocenters. The number of ether oxygens (including phenoxy) is 2. The molecule has 4 aromatic carbocycles. The molecule has 5 rings (SSSR count). The molecule has 0 aliphatic heterocycles. The number of esters is 1. The molecule has 5 nitrogen and oxygen atoms in total. The van der Waals surface area contributed by atoms with E-state index in [2.05, 4.69) is 15.9 Å². The van der Waals surface area contributed by atoms with Gasteiger partial charge < -0.3 is 13.9 Å². The number of carbonyl (C=O) groups is 2. The second-order valence-corrected chi connectivity index (χ2v) is 9.51. The van der Waals surface area contributed by atoms with Crippen molar-refractivity contribution in [3.05, 3.63) is 136 Å². The Hall–Kier alpha value is -4.42. The minimum Gasteiger partial charge on any atom is -0.489 e. The molecule has 5 aromatic rings. The molecule has 0 saturated heterocycles. The Balaban J connectivity index is 1.36. The third-order valence-electron chi connectivity index (χ3n) is 5.95. The van der Waals surface area contributed by atoms with Gasteiger partial charge in [0, 0.05) is 21.0 Å². The maximum absolute atomic E-state index is 13.3. The van der Waals surface area contributed by atoms with Crippen molar-refractivity contribution in [2.75, 3.05) is 0 Å². The molecule has 188 valence electrons. The van der Waals surface area contributed by atoms with Crippen molar-refractivity contribution in [3.63, 3.8) is 0 Å². The average Bonchev–Trinajstić information content (AvgIpc) is 3.27. The zero-order valence-electron chi connectivity index (χ0n) is 20.5. The number of allylic oxidation sites excluding steroid dienone is 1. The monoisotopic (exact) mass is 566 g/mol. The molecule has 0 aliphatic rings. The van der Waals surface area contributed by atoms with Crippen LogP contribution in [-0.2, 0) is 6.61 Å². The van der Waals surface area contributed by atoms with Crippen LogP contribution < -0.4 is 9.47 Å². The van der Waals surface area contributed by atoms with E-state index in [1.807, 2.05) is 54.6 Å². The number of para-hydroxylation sites is 1. The van der Waals surface area contributed by atoms with E-state index in [-0.39, 0.29) is 5.78 Å². The van der Waals surface area contributed by atoms with Gasteiger partial charge in [0.1, 0.15) is 35.0 Å². The number of benzene rings is 4. The van der Waals surface area contributed by atoms with Gasteiger partial charge in [0.05, 0.1) is 0 Å². The van der Waals surface area contributed by atoms with Gasteiger partial charge in [-0.3, -0.25) is 4.79 Å².